The van der Waals surface area contributed by atoms with Gasteiger partial charge in [0.1, 0.15) is 6.04 Å². The van der Waals surface area contributed by atoms with Gasteiger partial charge in [-0.1, -0.05) is 53.6 Å². The number of aromatic nitrogens is 3. The summed E-state index contributed by atoms with van der Waals surface area (Å²) in [6.45, 7) is 2.03. The Morgan fingerprint density at radius 2 is 1.84 bits per heavy atom. The van der Waals surface area contributed by atoms with E-state index >= 15 is 0 Å². The number of anilines is 2. The first kappa shape index (κ1) is 21.6. The fraction of sp³-hybridized carbons (Fsp3) is 0.217. The molecule has 0 saturated heterocycles. The minimum atomic E-state index is -0.931. The zero-order chi connectivity index (χ0) is 22.7. The Bertz CT molecular complexity index is 1170. The molecule has 0 fully saturated rings. The lowest BCUT2D eigenvalue weighted by Gasteiger charge is -2.24. The molecule has 1 aromatic heterocycles. The number of fused-ring (bicyclic) bond motifs is 1. The van der Waals surface area contributed by atoms with Crippen LogP contribution >= 0.6 is 11.6 Å². The van der Waals surface area contributed by atoms with Gasteiger partial charge in [-0.05, 0) is 42.7 Å². The Morgan fingerprint density at radius 1 is 1.12 bits per heavy atom. The van der Waals surface area contributed by atoms with Gasteiger partial charge in [-0.25, -0.2) is 4.68 Å². The molecule has 9 heteroatoms. The number of hydrogen-bond donors (Lipinski definition) is 3. The fourth-order valence-electron chi connectivity index (χ4n) is 3.43. The van der Waals surface area contributed by atoms with Crippen LogP contribution in [-0.2, 0) is 9.59 Å². The van der Waals surface area contributed by atoms with Crippen molar-refractivity contribution in [1.29, 1.82) is 0 Å². The average molecular weight is 452 g/mol. The van der Waals surface area contributed by atoms with Crippen molar-refractivity contribution in [2.45, 2.75) is 32.2 Å². The number of aryl methyl sites for hydroxylation is 1. The second kappa shape index (κ2) is 9.23. The molecule has 8 nitrogen and oxygen atoms in total. The molecule has 1 aliphatic heterocycles. The van der Waals surface area contributed by atoms with Crippen molar-refractivity contribution < 1.29 is 14.7 Å². The Morgan fingerprint density at radius 3 is 2.53 bits per heavy atom. The van der Waals surface area contributed by atoms with Crippen molar-refractivity contribution >= 4 is 41.1 Å². The number of hydrogen-bond acceptors (Lipinski definition) is 5. The van der Waals surface area contributed by atoms with Crippen molar-refractivity contribution in [3.63, 3.8) is 0 Å². The molecule has 1 unspecified atom stereocenters. The van der Waals surface area contributed by atoms with Crippen LogP contribution in [0.25, 0.3) is 5.70 Å². The molecule has 0 spiro atoms. The highest BCUT2D eigenvalue weighted by Gasteiger charge is 2.25. The summed E-state index contributed by atoms with van der Waals surface area (Å²) in [5.41, 5.74) is 3.97. The van der Waals surface area contributed by atoms with Crippen LogP contribution in [0.4, 0.5) is 11.9 Å². The first-order valence-corrected chi connectivity index (χ1v) is 10.6. The largest absolute Gasteiger partial charge is 0.481 e. The van der Waals surface area contributed by atoms with Gasteiger partial charge in [-0.3, -0.25) is 14.9 Å². The number of nitrogens with zero attached hydrogens (tertiary/aromatic N) is 3. The van der Waals surface area contributed by atoms with E-state index < -0.39 is 5.97 Å². The van der Waals surface area contributed by atoms with E-state index in [0.29, 0.717) is 11.0 Å². The molecular formula is C23H22ClN5O3. The Balaban J connectivity index is 1.62. The maximum Gasteiger partial charge on any atom is 0.303 e. The van der Waals surface area contributed by atoms with Crippen molar-refractivity contribution in [3.8, 4) is 0 Å². The smallest absolute Gasteiger partial charge is 0.303 e. The molecule has 1 aliphatic rings. The summed E-state index contributed by atoms with van der Waals surface area (Å²) in [6.07, 6.45) is 2.32. The summed E-state index contributed by atoms with van der Waals surface area (Å²) in [4.78, 5) is 27.3. The summed E-state index contributed by atoms with van der Waals surface area (Å²) in [6, 6.07) is 15.4. The summed E-state index contributed by atoms with van der Waals surface area (Å²) in [5.74, 6) is -0.606. The number of aliphatic carboxylic acids is 1. The highest BCUT2D eigenvalue weighted by atomic mass is 35.5. The topological polar surface area (TPSA) is 109 Å². The van der Waals surface area contributed by atoms with E-state index in [-0.39, 0.29) is 37.2 Å². The lowest BCUT2D eigenvalue weighted by Crippen LogP contribution is -2.20. The molecular weight excluding hydrogens is 430 g/mol. The predicted octanol–water partition coefficient (Wildman–Crippen LogP) is 4.49. The Kier molecular flexibility index (Phi) is 6.23. The number of carbonyl (C=O) groups is 2. The number of allylic oxidation sites excluding steroid dienone is 1. The number of amides is 1. The van der Waals surface area contributed by atoms with Gasteiger partial charge in [-0.2, -0.15) is 4.98 Å². The molecule has 3 N–H and O–H groups in total. The van der Waals surface area contributed by atoms with Gasteiger partial charge >= 0.3 is 5.97 Å². The predicted molar refractivity (Wildman–Crippen MR) is 123 cm³/mol. The fourth-order valence-corrected chi connectivity index (χ4v) is 3.56. The monoisotopic (exact) mass is 451 g/mol. The molecule has 2 heterocycles. The van der Waals surface area contributed by atoms with Crippen molar-refractivity contribution in [1.82, 2.24) is 14.8 Å². The van der Waals surface area contributed by atoms with E-state index in [1.807, 2.05) is 61.5 Å². The van der Waals surface area contributed by atoms with Crippen LogP contribution < -0.4 is 10.6 Å². The lowest BCUT2D eigenvalue weighted by molar-refractivity contribution is -0.137. The van der Waals surface area contributed by atoms with Crippen molar-refractivity contribution in [2.24, 2.45) is 0 Å². The summed E-state index contributed by atoms with van der Waals surface area (Å²) >= 11 is 6.04. The summed E-state index contributed by atoms with van der Waals surface area (Å²) in [5, 5.41) is 19.8. The maximum atomic E-state index is 12.2. The minimum Gasteiger partial charge on any atom is -0.481 e. The van der Waals surface area contributed by atoms with Crippen molar-refractivity contribution in [2.75, 3.05) is 10.6 Å². The van der Waals surface area contributed by atoms with E-state index in [1.165, 1.54) is 0 Å². The van der Waals surface area contributed by atoms with Gasteiger partial charge in [-0.15, -0.1) is 5.10 Å². The minimum absolute atomic E-state index is 0.0635. The standard InChI is InChI=1S/C23H22ClN5O3/c1-14-5-7-16(8-6-14)19-13-18(15-9-11-17(24)12-10-15)25-23-27-22(28-29(19)23)26-20(30)3-2-4-21(31)32/h5-13,19H,2-4H2,1H3,(H,31,32)(H2,25,26,27,28,30). The molecule has 1 amide bonds. The molecule has 2 aromatic carbocycles. The number of benzene rings is 2. The maximum absolute atomic E-state index is 12.2. The van der Waals surface area contributed by atoms with Gasteiger partial charge in [0.2, 0.25) is 11.9 Å². The third-order valence-electron chi connectivity index (χ3n) is 5.09. The molecule has 32 heavy (non-hydrogen) atoms. The highest BCUT2D eigenvalue weighted by Crippen LogP contribution is 2.33. The zero-order valence-electron chi connectivity index (χ0n) is 17.4. The van der Waals surface area contributed by atoms with Crippen LogP contribution in [0.5, 0.6) is 0 Å². The molecule has 0 radical (unpaired) electrons. The molecule has 3 aromatic rings. The average Bonchev–Trinajstić information content (AvgIpc) is 3.16. The molecule has 0 bridgehead atoms. The van der Waals surface area contributed by atoms with Crippen LogP contribution in [0.3, 0.4) is 0 Å². The number of rotatable bonds is 7. The van der Waals surface area contributed by atoms with E-state index in [2.05, 4.69) is 20.7 Å². The number of carboxylic acid groups (broad SMARTS) is 1. The SMILES string of the molecule is Cc1ccc(C2C=C(c3ccc(Cl)cc3)Nc3nc(NC(=O)CCCC(=O)O)nn32)cc1. The number of carbonyl (C=O) groups excluding carboxylic acids is 1. The van der Waals surface area contributed by atoms with Crippen LogP contribution in [-0.4, -0.2) is 31.7 Å². The normalized spacial score (nSPS) is 14.8. The third-order valence-corrected chi connectivity index (χ3v) is 5.34. The van der Waals surface area contributed by atoms with Crippen LogP contribution in [0.15, 0.2) is 54.6 Å². The first-order chi connectivity index (χ1) is 15.4. The van der Waals surface area contributed by atoms with Crippen molar-refractivity contribution in [3.05, 3.63) is 76.3 Å². The molecule has 164 valence electrons. The highest BCUT2D eigenvalue weighted by molar-refractivity contribution is 6.30. The molecule has 0 aliphatic carbocycles. The quantitative estimate of drug-likeness (QED) is 0.488. The molecule has 1 atom stereocenters. The second-order valence-corrected chi connectivity index (χ2v) is 8.00. The molecule has 4 rings (SSSR count). The number of nitrogens with one attached hydrogen (secondary N) is 2. The Hall–Kier alpha value is -3.65. The number of halogens is 1. The summed E-state index contributed by atoms with van der Waals surface area (Å²) < 4.78 is 1.72. The van der Waals surface area contributed by atoms with Gasteiger partial charge in [0.05, 0.1) is 0 Å². The summed E-state index contributed by atoms with van der Waals surface area (Å²) in [7, 11) is 0. The van der Waals surface area contributed by atoms with Gasteiger partial charge in [0, 0.05) is 23.6 Å². The Labute approximate surface area is 189 Å². The van der Waals surface area contributed by atoms with Crippen LogP contribution in [0.2, 0.25) is 5.02 Å². The third kappa shape index (κ3) is 4.97. The van der Waals surface area contributed by atoms with Gasteiger partial charge in [0.15, 0.2) is 0 Å². The van der Waals surface area contributed by atoms with E-state index in [4.69, 9.17) is 16.7 Å². The van der Waals surface area contributed by atoms with E-state index in [1.54, 1.807) is 4.68 Å². The van der Waals surface area contributed by atoms with Gasteiger partial charge in [0.25, 0.3) is 5.95 Å². The second-order valence-electron chi connectivity index (χ2n) is 7.57. The van der Waals surface area contributed by atoms with E-state index in [0.717, 1.165) is 22.4 Å². The first-order valence-electron chi connectivity index (χ1n) is 10.2. The lowest BCUT2D eigenvalue weighted by atomic mass is 10.0. The van der Waals surface area contributed by atoms with E-state index in [9.17, 15) is 9.59 Å². The van der Waals surface area contributed by atoms with Crippen LogP contribution in [0, 0.1) is 6.92 Å². The van der Waals surface area contributed by atoms with Crippen LogP contribution in [0.1, 0.15) is 42.0 Å². The number of carboxylic acids is 1. The molecule has 0 saturated carbocycles. The zero-order valence-corrected chi connectivity index (χ0v) is 18.1. The van der Waals surface area contributed by atoms with Gasteiger partial charge < -0.3 is 10.4 Å².